The fourth-order valence-electron chi connectivity index (χ4n) is 3.62. The van der Waals surface area contributed by atoms with E-state index in [-0.39, 0.29) is 17.4 Å². The molecule has 4 aromatic rings. The van der Waals surface area contributed by atoms with Gasteiger partial charge in [-0.25, -0.2) is 12.7 Å². The van der Waals surface area contributed by atoms with Crippen molar-refractivity contribution in [2.45, 2.75) is 11.8 Å². The van der Waals surface area contributed by atoms with Gasteiger partial charge in [0.1, 0.15) is 11.4 Å². The number of anilines is 2. The first kappa shape index (κ1) is 25.1. The Kier molecular flexibility index (Phi) is 7.18. The largest absolute Gasteiger partial charge is 0.484 e. The van der Waals surface area contributed by atoms with Crippen molar-refractivity contribution in [3.63, 3.8) is 0 Å². The van der Waals surface area contributed by atoms with Crippen LogP contribution in [0.1, 0.15) is 5.56 Å². The molecule has 1 amide bonds. The third kappa shape index (κ3) is 5.14. The summed E-state index contributed by atoms with van der Waals surface area (Å²) in [7, 11) is 0.964. The fourth-order valence-corrected chi connectivity index (χ4v) is 4.77. The topological polar surface area (TPSA) is 114 Å². The van der Waals surface area contributed by atoms with Crippen molar-refractivity contribution in [3.8, 4) is 17.0 Å². The van der Waals surface area contributed by atoms with Crippen molar-refractivity contribution in [2.24, 2.45) is 0 Å². The van der Waals surface area contributed by atoms with Gasteiger partial charge in [0.2, 0.25) is 10.0 Å². The maximum absolute atomic E-state index is 12.8. The lowest BCUT2D eigenvalue weighted by Crippen LogP contribution is -2.24. The number of nitrogens with one attached hydrogen (secondary N) is 2. The molecular weight excluding hydrogens is 478 g/mol. The molecule has 0 saturated carbocycles. The van der Waals surface area contributed by atoms with Gasteiger partial charge in [0.05, 0.1) is 4.90 Å². The van der Waals surface area contributed by atoms with Crippen LogP contribution in [0.3, 0.4) is 0 Å². The highest BCUT2D eigenvalue weighted by Crippen LogP contribution is 2.33. The molecule has 0 unspecified atom stereocenters. The Bertz CT molecular complexity index is 1520. The molecule has 1 heterocycles. The molecular formula is C26H27N5O4S. The number of aryl methyl sites for hydroxylation is 1. The quantitative estimate of drug-likeness (QED) is 0.375. The van der Waals surface area contributed by atoms with Crippen LogP contribution in [0.4, 0.5) is 11.5 Å². The first-order valence-electron chi connectivity index (χ1n) is 11.2. The highest BCUT2D eigenvalue weighted by molar-refractivity contribution is 7.89. The number of amides is 1. The van der Waals surface area contributed by atoms with Crippen LogP contribution in [-0.2, 0) is 14.8 Å². The number of nitrogens with zero attached hydrogens (tertiary/aromatic N) is 3. The minimum atomic E-state index is -3.61. The molecule has 2 N–H and O–H groups in total. The summed E-state index contributed by atoms with van der Waals surface area (Å²) >= 11 is 0. The van der Waals surface area contributed by atoms with Crippen LogP contribution < -0.4 is 15.4 Å². The molecule has 4 rings (SSSR count). The van der Waals surface area contributed by atoms with Crippen molar-refractivity contribution in [1.82, 2.24) is 19.8 Å². The maximum Gasteiger partial charge on any atom is 0.257 e. The van der Waals surface area contributed by atoms with E-state index in [1.165, 1.54) is 18.4 Å². The second-order valence-corrected chi connectivity index (χ2v) is 10.4. The Morgan fingerprint density at radius 3 is 2.33 bits per heavy atom. The molecule has 0 aliphatic rings. The van der Waals surface area contributed by atoms with E-state index in [1.807, 2.05) is 42.5 Å². The smallest absolute Gasteiger partial charge is 0.257 e. The molecule has 9 nitrogen and oxygen atoms in total. The summed E-state index contributed by atoms with van der Waals surface area (Å²) < 4.78 is 32.3. The van der Waals surface area contributed by atoms with E-state index in [0.717, 1.165) is 16.5 Å². The lowest BCUT2D eigenvalue weighted by Gasteiger charge is -2.16. The average Bonchev–Trinajstić information content (AvgIpc) is 2.88. The Balaban J connectivity index is 1.68. The van der Waals surface area contributed by atoms with Crippen molar-refractivity contribution < 1.29 is 17.9 Å². The van der Waals surface area contributed by atoms with E-state index in [1.54, 1.807) is 38.2 Å². The molecule has 0 bridgehead atoms. The van der Waals surface area contributed by atoms with Crippen LogP contribution in [0.5, 0.6) is 5.75 Å². The van der Waals surface area contributed by atoms with Gasteiger partial charge in [0.15, 0.2) is 12.4 Å². The molecule has 10 heteroatoms. The monoisotopic (exact) mass is 505 g/mol. The third-order valence-electron chi connectivity index (χ3n) is 5.67. The molecule has 36 heavy (non-hydrogen) atoms. The first-order valence-corrected chi connectivity index (χ1v) is 12.6. The van der Waals surface area contributed by atoms with E-state index in [2.05, 4.69) is 20.8 Å². The van der Waals surface area contributed by atoms with Crippen molar-refractivity contribution in [2.75, 3.05) is 33.1 Å². The van der Waals surface area contributed by atoms with Gasteiger partial charge >= 0.3 is 0 Å². The van der Waals surface area contributed by atoms with Crippen LogP contribution in [0.2, 0.25) is 0 Å². The lowest BCUT2D eigenvalue weighted by molar-refractivity contribution is -0.122. The summed E-state index contributed by atoms with van der Waals surface area (Å²) in [5.41, 5.74) is 2.67. The van der Waals surface area contributed by atoms with Gasteiger partial charge in [-0.3, -0.25) is 4.79 Å². The molecule has 0 saturated heterocycles. The van der Waals surface area contributed by atoms with Crippen LogP contribution in [0.25, 0.3) is 22.0 Å². The molecule has 1 aromatic heterocycles. The predicted molar refractivity (Wildman–Crippen MR) is 140 cm³/mol. The second kappa shape index (κ2) is 10.3. The Morgan fingerprint density at radius 1 is 0.972 bits per heavy atom. The Labute approximate surface area is 210 Å². The van der Waals surface area contributed by atoms with E-state index in [4.69, 9.17) is 4.74 Å². The summed E-state index contributed by atoms with van der Waals surface area (Å²) in [4.78, 5) is 11.6. The molecule has 0 atom stereocenters. The normalized spacial score (nSPS) is 11.5. The van der Waals surface area contributed by atoms with E-state index < -0.39 is 10.0 Å². The molecule has 0 aliphatic carbocycles. The van der Waals surface area contributed by atoms with E-state index in [0.29, 0.717) is 28.4 Å². The zero-order chi connectivity index (χ0) is 25.9. The van der Waals surface area contributed by atoms with Crippen LogP contribution in [0.15, 0.2) is 71.6 Å². The number of rotatable bonds is 8. The molecule has 3 aromatic carbocycles. The standard InChI is InChI=1S/C26H27N5O4S/c1-17-9-10-18(15-23(17)36(33,34)31(3)4)25-21-7-5-6-8-22(21)26(30-29-25)28-19-11-13-20(14-12-19)35-16-24(32)27-2/h5-15H,16H2,1-4H3,(H,27,32)(H,28,30). The zero-order valence-electron chi connectivity index (χ0n) is 20.4. The summed E-state index contributed by atoms with van der Waals surface area (Å²) in [6.45, 7) is 1.71. The molecule has 0 spiro atoms. The highest BCUT2D eigenvalue weighted by Gasteiger charge is 2.21. The van der Waals surface area contributed by atoms with Gasteiger partial charge < -0.3 is 15.4 Å². The number of carbonyl (C=O) groups is 1. The number of sulfonamides is 1. The molecule has 0 aliphatic heterocycles. The number of likely N-dealkylation sites (N-methyl/N-ethyl adjacent to an activating group) is 1. The first-order chi connectivity index (χ1) is 17.2. The van der Waals surface area contributed by atoms with Gasteiger partial charge in [-0.15, -0.1) is 10.2 Å². The lowest BCUT2D eigenvalue weighted by atomic mass is 10.0. The van der Waals surface area contributed by atoms with Crippen LogP contribution in [-0.4, -0.2) is 56.6 Å². The predicted octanol–water partition coefficient (Wildman–Crippen LogP) is 3.72. The average molecular weight is 506 g/mol. The summed E-state index contributed by atoms with van der Waals surface area (Å²) in [5, 5.41) is 16.3. The summed E-state index contributed by atoms with van der Waals surface area (Å²) in [5.74, 6) is 0.916. The van der Waals surface area contributed by atoms with Gasteiger partial charge in [0.25, 0.3) is 5.91 Å². The second-order valence-electron chi connectivity index (χ2n) is 8.32. The number of carbonyl (C=O) groups excluding carboxylic acids is 1. The van der Waals surface area contributed by atoms with E-state index >= 15 is 0 Å². The van der Waals surface area contributed by atoms with Gasteiger partial charge in [0, 0.05) is 43.2 Å². The fraction of sp³-hybridized carbons (Fsp3) is 0.192. The third-order valence-corrected chi connectivity index (χ3v) is 7.63. The number of hydrogen-bond donors (Lipinski definition) is 2. The Hall–Kier alpha value is -4.02. The van der Waals surface area contributed by atoms with Crippen LogP contribution >= 0.6 is 0 Å². The highest BCUT2D eigenvalue weighted by atomic mass is 32.2. The molecule has 0 radical (unpaired) electrons. The minimum absolute atomic E-state index is 0.0581. The Morgan fingerprint density at radius 2 is 1.67 bits per heavy atom. The number of hydrogen-bond acceptors (Lipinski definition) is 7. The van der Waals surface area contributed by atoms with Gasteiger partial charge in [-0.05, 0) is 42.8 Å². The number of aromatic nitrogens is 2. The SMILES string of the molecule is CNC(=O)COc1ccc(Nc2nnc(-c3ccc(C)c(S(=O)(=O)N(C)C)c3)c3ccccc23)cc1. The van der Waals surface area contributed by atoms with Crippen molar-refractivity contribution in [3.05, 3.63) is 72.3 Å². The number of fused-ring (bicyclic) bond motifs is 1. The van der Waals surface area contributed by atoms with Gasteiger partial charge in [-0.1, -0.05) is 36.4 Å². The minimum Gasteiger partial charge on any atom is -0.484 e. The van der Waals surface area contributed by atoms with Crippen LogP contribution in [0, 0.1) is 6.92 Å². The van der Waals surface area contributed by atoms with Gasteiger partial charge in [-0.2, -0.15) is 0 Å². The summed E-state index contributed by atoms with van der Waals surface area (Å²) in [6, 6.07) is 20.1. The zero-order valence-corrected chi connectivity index (χ0v) is 21.3. The molecule has 186 valence electrons. The van der Waals surface area contributed by atoms with Crippen molar-refractivity contribution >= 4 is 38.2 Å². The summed E-state index contributed by atoms with van der Waals surface area (Å²) in [6.07, 6.45) is 0. The molecule has 0 fully saturated rings. The maximum atomic E-state index is 12.8. The number of benzene rings is 3. The van der Waals surface area contributed by atoms with E-state index in [9.17, 15) is 13.2 Å². The number of ether oxygens (including phenoxy) is 1. The van der Waals surface area contributed by atoms with Crippen molar-refractivity contribution in [1.29, 1.82) is 0 Å².